The van der Waals surface area contributed by atoms with Crippen LogP contribution in [0.3, 0.4) is 0 Å². The largest absolute Gasteiger partial charge is 0.368 e. The molecular weight excluding hydrogens is 231 g/mol. The van der Waals surface area contributed by atoms with Crippen LogP contribution in [0, 0.1) is 5.82 Å². The van der Waals surface area contributed by atoms with Crippen LogP contribution in [0.5, 0.6) is 0 Å². The number of carbonyl (C=O) groups excluding carboxylic acids is 1. The second-order valence-electron chi connectivity index (χ2n) is 4.99. The van der Waals surface area contributed by atoms with E-state index in [0.29, 0.717) is 24.0 Å². The minimum absolute atomic E-state index is 0.159. The first-order chi connectivity index (χ1) is 8.51. The van der Waals surface area contributed by atoms with Gasteiger partial charge in [0.15, 0.2) is 0 Å². The number of nitrogens with two attached hydrogens (primary N) is 1. The van der Waals surface area contributed by atoms with Crippen LogP contribution in [0.25, 0.3) is 0 Å². The number of halogens is 1. The highest BCUT2D eigenvalue weighted by Crippen LogP contribution is 2.38. The van der Waals surface area contributed by atoms with E-state index in [1.165, 1.54) is 6.07 Å². The van der Waals surface area contributed by atoms with E-state index in [-0.39, 0.29) is 11.9 Å². The standard InChI is InChI=1S/C14H19FN2O/c1-3-9(2)17-14(13(16)18)8-7-10-11(14)5-4-6-12(10)15/h4-6,9,17H,3,7-8H2,1-2H3,(H2,16,18). The molecular formula is C14H19FN2O. The van der Waals surface area contributed by atoms with E-state index in [4.69, 9.17) is 5.73 Å². The summed E-state index contributed by atoms with van der Waals surface area (Å²) in [5, 5.41) is 3.28. The lowest BCUT2D eigenvalue weighted by molar-refractivity contribution is -0.125. The Labute approximate surface area is 107 Å². The molecule has 1 aromatic carbocycles. The van der Waals surface area contributed by atoms with Gasteiger partial charge in [-0.3, -0.25) is 10.1 Å². The summed E-state index contributed by atoms with van der Waals surface area (Å²) in [6.45, 7) is 4.04. The van der Waals surface area contributed by atoms with E-state index in [0.717, 1.165) is 6.42 Å². The quantitative estimate of drug-likeness (QED) is 0.856. The number of benzene rings is 1. The van der Waals surface area contributed by atoms with Crippen molar-refractivity contribution in [2.75, 3.05) is 0 Å². The summed E-state index contributed by atoms with van der Waals surface area (Å²) in [4.78, 5) is 11.9. The number of amides is 1. The number of primary amides is 1. The smallest absolute Gasteiger partial charge is 0.242 e. The number of fused-ring (bicyclic) bond motifs is 1. The average molecular weight is 250 g/mol. The number of rotatable bonds is 4. The lowest BCUT2D eigenvalue weighted by Crippen LogP contribution is -2.54. The highest BCUT2D eigenvalue weighted by molar-refractivity contribution is 5.87. The first kappa shape index (κ1) is 13.0. The maximum absolute atomic E-state index is 13.7. The molecule has 0 heterocycles. The van der Waals surface area contributed by atoms with Crippen molar-refractivity contribution in [3.05, 3.63) is 35.1 Å². The van der Waals surface area contributed by atoms with Gasteiger partial charge in [0.05, 0.1) is 0 Å². The Balaban J connectivity index is 2.47. The van der Waals surface area contributed by atoms with Gasteiger partial charge in [0.1, 0.15) is 11.4 Å². The molecule has 1 aliphatic rings. The molecule has 3 N–H and O–H groups in total. The van der Waals surface area contributed by atoms with Gasteiger partial charge < -0.3 is 5.73 Å². The van der Waals surface area contributed by atoms with E-state index in [1.54, 1.807) is 12.1 Å². The van der Waals surface area contributed by atoms with Crippen molar-refractivity contribution in [2.24, 2.45) is 5.73 Å². The van der Waals surface area contributed by atoms with Gasteiger partial charge in [0.2, 0.25) is 5.91 Å². The van der Waals surface area contributed by atoms with Crippen LogP contribution < -0.4 is 11.1 Å². The van der Waals surface area contributed by atoms with Crippen molar-refractivity contribution in [3.8, 4) is 0 Å². The van der Waals surface area contributed by atoms with Crippen molar-refractivity contribution < 1.29 is 9.18 Å². The summed E-state index contributed by atoms with van der Waals surface area (Å²) >= 11 is 0. The van der Waals surface area contributed by atoms with Crippen molar-refractivity contribution in [1.82, 2.24) is 5.32 Å². The maximum atomic E-state index is 13.7. The fraction of sp³-hybridized carbons (Fsp3) is 0.500. The normalized spacial score (nSPS) is 23.7. The zero-order chi connectivity index (χ0) is 13.3. The van der Waals surface area contributed by atoms with Crippen LogP contribution in [0.2, 0.25) is 0 Å². The van der Waals surface area contributed by atoms with Crippen LogP contribution in [0.4, 0.5) is 4.39 Å². The molecule has 0 aliphatic heterocycles. The highest BCUT2D eigenvalue weighted by Gasteiger charge is 2.45. The molecule has 2 atom stereocenters. The van der Waals surface area contributed by atoms with Crippen LogP contribution >= 0.6 is 0 Å². The van der Waals surface area contributed by atoms with Crippen molar-refractivity contribution in [2.45, 2.75) is 44.7 Å². The minimum Gasteiger partial charge on any atom is -0.368 e. The van der Waals surface area contributed by atoms with E-state index in [2.05, 4.69) is 5.32 Å². The predicted molar refractivity (Wildman–Crippen MR) is 68.5 cm³/mol. The molecule has 98 valence electrons. The van der Waals surface area contributed by atoms with Gasteiger partial charge in [0, 0.05) is 6.04 Å². The number of hydrogen-bond donors (Lipinski definition) is 2. The molecule has 0 saturated carbocycles. The summed E-state index contributed by atoms with van der Waals surface area (Å²) in [6, 6.07) is 5.02. The van der Waals surface area contributed by atoms with Crippen molar-refractivity contribution in [3.63, 3.8) is 0 Å². The zero-order valence-corrected chi connectivity index (χ0v) is 10.8. The molecule has 2 unspecified atom stereocenters. The van der Waals surface area contributed by atoms with Gasteiger partial charge in [0.25, 0.3) is 0 Å². The summed E-state index contributed by atoms with van der Waals surface area (Å²) < 4.78 is 13.7. The van der Waals surface area contributed by atoms with Crippen molar-refractivity contribution in [1.29, 1.82) is 0 Å². The van der Waals surface area contributed by atoms with Crippen LogP contribution in [0.15, 0.2) is 18.2 Å². The first-order valence-corrected chi connectivity index (χ1v) is 6.36. The molecule has 18 heavy (non-hydrogen) atoms. The summed E-state index contributed by atoms with van der Waals surface area (Å²) in [5.74, 6) is -0.672. The topological polar surface area (TPSA) is 55.1 Å². The van der Waals surface area contributed by atoms with Gasteiger partial charge in [-0.25, -0.2) is 4.39 Å². The lowest BCUT2D eigenvalue weighted by atomic mass is 9.89. The molecule has 1 aromatic rings. The van der Waals surface area contributed by atoms with E-state index in [1.807, 2.05) is 13.8 Å². The molecule has 0 bridgehead atoms. The monoisotopic (exact) mass is 250 g/mol. The average Bonchev–Trinajstić information content (AvgIpc) is 2.71. The Morgan fingerprint density at radius 2 is 2.33 bits per heavy atom. The minimum atomic E-state index is -0.910. The lowest BCUT2D eigenvalue weighted by Gasteiger charge is -2.31. The summed E-state index contributed by atoms with van der Waals surface area (Å²) in [6.07, 6.45) is 1.97. The Hall–Kier alpha value is -1.42. The predicted octanol–water partition coefficient (Wildman–Crippen LogP) is 1.84. The fourth-order valence-electron chi connectivity index (χ4n) is 2.66. The third kappa shape index (κ3) is 1.90. The molecule has 0 fully saturated rings. The Kier molecular flexibility index (Phi) is 3.39. The van der Waals surface area contributed by atoms with Gasteiger partial charge in [-0.1, -0.05) is 19.1 Å². The van der Waals surface area contributed by atoms with Crippen LogP contribution in [-0.4, -0.2) is 11.9 Å². The molecule has 1 amide bonds. The number of nitrogens with one attached hydrogen (secondary N) is 1. The van der Waals surface area contributed by atoms with Gasteiger partial charge >= 0.3 is 0 Å². The SMILES string of the molecule is CCC(C)NC1(C(N)=O)CCc2c(F)cccc21. The van der Waals surface area contributed by atoms with Gasteiger partial charge in [-0.05, 0) is 43.4 Å². The Morgan fingerprint density at radius 3 is 2.94 bits per heavy atom. The van der Waals surface area contributed by atoms with Crippen LogP contribution in [-0.2, 0) is 16.8 Å². The maximum Gasteiger partial charge on any atom is 0.242 e. The highest BCUT2D eigenvalue weighted by atomic mass is 19.1. The summed E-state index contributed by atoms with van der Waals surface area (Å²) in [5.41, 5.74) is 5.99. The zero-order valence-electron chi connectivity index (χ0n) is 10.8. The molecule has 0 radical (unpaired) electrons. The second-order valence-corrected chi connectivity index (χ2v) is 4.99. The van der Waals surface area contributed by atoms with Crippen LogP contribution in [0.1, 0.15) is 37.8 Å². The summed E-state index contributed by atoms with van der Waals surface area (Å²) in [7, 11) is 0. The molecule has 1 aliphatic carbocycles. The van der Waals surface area contributed by atoms with E-state index >= 15 is 0 Å². The van der Waals surface area contributed by atoms with Gasteiger partial charge in [-0.2, -0.15) is 0 Å². The molecule has 4 heteroatoms. The molecule has 0 saturated heterocycles. The third-order valence-corrected chi connectivity index (χ3v) is 3.85. The number of hydrogen-bond acceptors (Lipinski definition) is 2. The Bertz CT molecular complexity index is 475. The van der Waals surface area contributed by atoms with Crippen molar-refractivity contribution >= 4 is 5.91 Å². The van der Waals surface area contributed by atoms with E-state index < -0.39 is 11.4 Å². The van der Waals surface area contributed by atoms with E-state index in [9.17, 15) is 9.18 Å². The molecule has 0 spiro atoms. The third-order valence-electron chi connectivity index (χ3n) is 3.85. The second kappa shape index (κ2) is 4.69. The molecule has 2 rings (SSSR count). The molecule has 0 aromatic heterocycles. The Morgan fingerprint density at radius 1 is 1.61 bits per heavy atom. The first-order valence-electron chi connectivity index (χ1n) is 6.36. The number of carbonyl (C=O) groups is 1. The van der Waals surface area contributed by atoms with Gasteiger partial charge in [-0.15, -0.1) is 0 Å². The molecule has 3 nitrogen and oxygen atoms in total. The fourth-order valence-corrected chi connectivity index (χ4v) is 2.66.